The zero-order valence-electron chi connectivity index (χ0n) is 13.3. The maximum atomic E-state index is 3.72. The molecule has 108 valence electrons. The lowest BCUT2D eigenvalue weighted by molar-refractivity contribution is 0.0678. The Kier molecular flexibility index (Phi) is 6.65. The van der Waals surface area contributed by atoms with Crippen molar-refractivity contribution in [3.8, 4) is 0 Å². The van der Waals surface area contributed by atoms with Gasteiger partial charge in [0.2, 0.25) is 0 Å². The minimum atomic E-state index is 0.524. The van der Waals surface area contributed by atoms with Crippen LogP contribution in [0.15, 0.2) is 0 Å². The third kappa shape index (κ3) is 4.55. The molecule has 1 fully saturated rings. The summed E-state index contributed by atoms with van der Waals surface area (Å²) in [6, 6.07) is 1.45. The Morgan fingerprint density at radius 3 is 2.50 bits per heavy atom. The van der Waals surface area contributed by atoms with Crippen LogP contribution in [-0.2, 0) is 0 Å². The predicted molar refractivity (Wildman–Crippen MR) is 81.0 cm³/mol. The highest BCUT2D eigenvalue weighted by Gasteiger charge is 2.36. The molecule has 1 rings (SSSR count). The van der Waals surface area contributed by atoms with Crippen LogP contribution in [0.4, 0.5) is 0 Å². The van der Waals surface area contributed by atoms with Crippen molar-refractivity contribution in [3.63, 3.8) is 0 Å². The average molecular weight is 254 g/mol. The minimum absolute atomic E-state index is 0.524. The number of hydrogen-bond acceptors (Lipinski definition) is 2. The van der Waals surface area contributed by atoms with E-state index in [1.165, 1.54) is 45.2 Å². The summed E-state index contributed by atoms with van der Waals surface area (Å²) in [5.41, 5.74) is 0.524. The van der Waals surface area contributed by atoms with Crippen molar-refractivity contribution >= 4 is 0 Å². The zero-order chi connectivity index (χ0) is 13.6. The number of likely N-dealkylation sites (N-methyl/N-ethyl adjacent to an activating group) is 2. The molecule has 0 aliphatic heterocycles. The molecule has 0 radical (unpaired) electrons. The first-order chi connectivity index (χ1) is 8.54. The van der Waals surface area contributed by atoms with E-state index in [1.807, 2.05) is 0 Å². The molecule has 1 aliphatic rings. The third-order valence-electron chi connectivity index (χ3n) is 4.50. The van der Waals surface area contributed by atoms with E-state index in [4.69, 9.17) is 0 Å². The quantitative estimate of drug-likeness (QED) is 0.746. The Bertz CT molecular complexity index is 225. The van der Waals surface area contributed by atoms with Crippen molar-refractivity contribution in [2.45, 2.75) is 78.8 Å². The molecule has 1 saturated carbocycles. The van der Waals surface area contributed by atoms with Gasteiger partial charge in [0.1, 0.15) is 0 Å². The van der Waals surface area contributed by atoms with Crippen molar-refractivity contribution in [2.24, 2.45) is 5.41 Å². The van der Waals surface area contributed by atoms with Crippen LogP contribution in [0, 0.1) is 5.41 Å². The van der Waals surface area contributed by atoms with E-state index in [-0.39, 0.29) is 0 Å². The van der Waals surface area contributed by atoms with Crippen molar-refractivity contribution in [3.05, 3.63) is 0 Å². The van der Waals surface area contributed by atoms with Gasteiger partial charge in [0.05, 0.1) is 0 Å². The van der Waals surface area contributed by atoms with Crippen molar-refractivity contribution in [1.82, 2.24) is 10.2 Å². The molecule has 18 heavy (non-hydrogen) atoms. The SMILES string of the molecule is CCCCN(CC)C1CC(C)(C)CCC1NCC. The first-order valence-electron chi connectivity index (χ1n) is 8.01. The van der Waals surface area contributed by atoms with Gasteiger partial charge in [-0.15, -0.1) is 0 Å². The highest BCUT2D eigenvalue weighted by molar-refractivity contribution is 4.94. The van der Waals surface area contributed by atoms with Crippen LogP contribution < -0.4 is 5.32 Å². The van der Waals surface area contributed by atoms with Crippen LogP contribution in [0.2, 0.25) is 0 Å². The fraction of sp³-hybridized carbons (Fsp3) is 1.00. The van der Waals surface area contributed by atoms with Crippen LogP contribution >= 0.6 is 0 Å². The van der Waals surface area contributed by atoms with E-state index < -0.39 is 0 Å². The van der Waals surface area contributed by atoms with Gasteiger partial charge in [0, 0.05) is 12.1 Å². The minimum Gasteiger partial charge on any atom is -0.313 e. The average Bonchev–Trinajstić information content (AvgIpc) is 2.33. The van der Waals surface area contributed by atoms with Crippen molar-refractivity contribution in [1.29, 1.82) is 0 Å². The number of rotatable bonds is 7. The first-order valence-corrected chi connectivity index (χ1v) is 8.01. The molecule has 0 aromatic rings. The Morgan fingerprint density at radius 2 is 1.94 bits per heavy atom. The normalized spacial score (nSPS) is 27.7. The summed E-state index contributed by atoms with van der Waals surface area (Å²) >= 11 is 0. The molecule has 1 N–H and O–H groups in total. The summed E-state index contributed by atoms with van der Waals surface area (Å²) < 4.78 is 0. The van der Waals surface area contributed by atoms with Gasteiger partial charge >= 0.3 is 0 Å². The third-order valence-corrected chi connectivity index (χ3v) is 4.50. The molecule has 1 aliphatic carbocycles. The molecular formula is C16H34N2. The second kappa shape index (κ2) is 7.49. The van der Waals surface area contributed by atoms with Gasteiger partial charge in [-0.05, 0) is 50.7 Å². The second-order valence-electron chi connectivity index (χ2n) is 6.62. The molecule has 0 saturated heterocycles. The summed E-state index contributed by atoms with van der Waals surface area (Å²) in [5, 5.41) is 3.72. The maximum Gasteiger partial charge on any atom is 0.0254 e. The van der Waals surface area contributed by atoms with E-state index in [2.05, 4.69) is 44.8 Å². The molecule has 2 nitrogen and oxygen atoms in total. The van der Waals surface area contributed by atoms with E-state index in [0.717, 1.165) is 12.6 Å². The number of nitrogens with zero attached hydrogens (tertiary/aromatic N) is 1. The first kappa shape index (κ1) is 16.0. The molecule has 2 unspecified atom stereocenters. The highest BCUT2D eigenvalue weighted by Crippen LogP contribution is 2.37. The molecule has 0 heterocycles. The largest absolute Gasteiger partial charge is 0.313 e. The lowest BCUT2D eigenvalue weighted by Gasteiger charge is -2.46. The maximum absolute atomic E-state index is 3.72. The summed E-state index contributed by atoms with van der Waals surface area (Å²) in [6.45, 7) is 15.3. The lowest BCUT2D eigenvalue weighted by Crippen LogP contribution is -2.54. The van der Waals surface area contributed by atoms with Gasteiger partial charge in [0.25, 0.3) is 0 Å². The summed E-state index contributed by atoms with van der Waals surface area (Å²) in [5.74, 6) is 0. The van der Waals surface area contributed by atoms with E-state index in [9.17, 15) is 0 Å². The Hall–Kier alpha value is -0.0800. The van der Waals surface area contributed by atoms with E-state index >= 15 is 0 Å². The Morgan fingerprint density at radius 1 is 1.22 bits per heavy atom. The van der Waals surface area contributed by atoms with Gasteiger partial charge < -0.3 is 5.32 Å². The predicted octanol–water partition coefficient (Wildman–Crippen LogP) is 3.67. The van der Waals surface area contributed by atoms with Crippen LogP contribution in [-0.4, -0.2) is 36.6 Å². The Labute approximate surface area is 115 Å². The Balaban J connectivity index is 2.68. The molecule has 0 aromatic carbocycles. The molecule has 0 aromatic heterocycles. The lowest BCUT2D eigenvalue weighted by atomic mass is 9.72. The molecular weight excluding hydrogens is 220 g/mol. The highest BCUT2D eigenvalue weighted by atomic mass is 15.2. The second-order valence-corrected chi connectivity index (χ2v) is 6.62. The van der Waals surface area contributed by atoms with E-state index in [0.29, 0.717) is 11.5 Å². The molecule has 0 bridgehead atoms. The number of hydrogen-bond donors (Lipinski definition) is 1. The van der Waals surface area contributed by atoms with E-state index in [1.54, 1.807) is 0 Å². The topological polar surface area (TPSA) is 15.3 Å². The van der Waals surface area contributed by atoms with Crippen LogP contribution in [0.25, 0.3) is 0 Å². The van der Waals surface area contributed by atoms with Crippen molar-refractivity contribution in [2.75, 3.05) is 19.6 Å². The van der Waals surface area contributed by atoms with Crippen LogP contribution in [0.1, 0.15) is 66.7 Å². The zero-order valence-corrected chi connectivity index (χ0v) is 13.3. The molecule has 0 amide bonds. The summed E-state index contributed by atoms with van der Waals surface area (Å²) in [6.07, 6.45) is 6.70. The van der Waals surface area contributed by atoms with Gasteiger partial charge in [-0.1, -0.05) is 41.0 Å². The molecule has 0 spiro atoms. The van der Waals surface area contributed by atoms with Gasteiger partial charge in [-0.3, -0.25) is 4.90 Å². The van der Waals surface area contributed by atoms with Crippen LogP contribution in [0.5, 0.6) is 0 Å². The number of nitrogens with one attached hydrogen (secondary N) is 1. The number of unbranched alkanes of at least 4 members (excludes halogenated alkanes) is 1. The standard InChI is InChI=1S/C16H34N2/c1-6-9-12-18(8-3)15-13-16(4,5)11-10-14(15)17-7-2/h14-15,17H,6-13H2,1-5H3. The smallest absolute Gasteiger partial charge is 0.0254 e. The monoisotopic (exact) mass is 254 g/mol. The molecule has 2 atom stereocenters. The van der Waals surface area contributed by atoms with Crippen LogP contribution in [0.3, 0.4) is 0 Å². The summed E-state index contributed by atoms with van der Waals surface area (Å²) in [7, 11) is 0. The fourth-order valence-electron chi connectivity index (χ4n) is 3.35. The van der Waals surface area contributed by atoms with Gasteiger partial charge in [-0.2, -0.15) is 0 Å². The van der Waals surface area contributed by atoms with Gasteiger partial charge in [-0.25, -0.2) is 0 Å². The van der Waals surface area contributed by atoms with Crippen molar-refractivity contribution < 1.29 is 0 Å². The summed E-state index contributed by atoms with van der Waals surface area (Å²) in [4.78, 5) is 2.72. The van der Waals surface area contributed by atoms with Gasteiger partial charge in [0.15, 0.2) is 0 Å². The fourth-order valence-corrected chi connectivity index (χ4v) is 3.35. The molecule has 2 heteroatoms.